The van der Waals surface area contributed by atoms with Crippen molar-refractivity contribution in [3.05, 3.63) is 34.9 Å². The van der Waals surface area contributed by atoms with Crippen LogP contribution in [0.4, 0.5) is 4.39 Å². The van der Waals surface area contributed by atoms with Crippen molar-refractivity contribution in [3.8, 4) is 0 Å². The van der Waals surface area contributed by atoms with E-state index in [0.717, 1.165) is 32.4 Å². The number of benzene rings is 1. The van der Waals surface area contributed by atoms with Crippen LogP contribution in [0.2, 0.25) is 0 Å². The van der Waals surface area contributed by atoms with Crippen molar-refractivity contribution in [1.29, 1.82) is 0 Å². The molecule has 1 aromatic rings. The van der Waals surface area contributed by atoms with Crippen LogP contribution in [0.15, 0.2) is 18.2 Å². The van der Waals surface area contributed by atoms with Crippen LogP contribution in [0.1, 0.15) is 69.2 Å². The molecule has 0 aliphatic carbocycles. The summed E-state index contributed by atoms with van der Waals surface area (Å²) in [6.07, 6.45) is 6.02. The molecule has 2 aliphatic rings. The zero-order valence-corrected chi connectivity index (χ0v) is 16.1. The Morgan fingerprint density at radius 2 is 2.16 bits per heavy atom. The number of hydrogen-bond acceptors (Lipinski definition) is 2. The van der Waals surface area contributed by atoms with E-state index in [1.165, 1.54) is 29.5 Å². The number of unbranched alkanes of at least 4 members (excludes halogenated alkanes) is 1. The number of halogens is 1. The number of alkyl halides is 1. The van der Waals surface area contributed by atoms with Crippen LogP contribution >= 0.6 is 0 Å². The van der Waals surface area contributed by atoms with Crippen LogP contribution in [0.5, 0.6) is 0 Å². The van der Waals surface area contributed by atoms with Crippen LogP contribution in [-0.2, 0) is 12.8 Å². The first-order valence-corrected chi connectivity index (χ1v) is 10.1. The zero-order valence-electron chi connectivity index (χ0n) is 16.1. The highest BCUT2D eigenvalue weighted by Crippen LogP contribution is 2.45. The molecule has 1 fully saturated rings. The Morgan fingerprint density at radius 1 is 1.36 bits per heavy atom. The van der Waals surface area contributed by atoms with Gasteiger partial charge in [-0.15, -0.1) is 0 Å². The van der Waals surface area contributed by atoms with Crippen molar-refractivity contribution in [2.45, 2.75) is 70.9 Å². The van der Waals surface area contributed by atoms with E-state index in [-0.39, 0.29) is 12.0 Å². The van der Waals surface area contributed by atoms with E-state index in [1.54, 1.807) is 0 Å². The predicted octanol–water partition coefficient (Wildman–Crippen LogP) is 4.70. The van der Waals surface area contributed by atoms with Crippen molar-refractivity contribution in [3.63, 3.8) is 0 Å². The topological polar surface area (TPSA) is 23.5 Å². The highest BCUT2D eigenvalue weighted by atomic mass is 18.2. The summed E-state index contributed by atoms with van der Waals surface area (Å²) in [5.41, 5.74) is 2.95. The van der Waals surface area contributed by atoms with Crippen LogP contribution in [-0.4, -0.2) is 35.4 Å². The fourth-order valence-corrected chi connectivity index (χ4v) is 4.77. The first-order valence-electron chi connectivity index (χ1n) is 10.1. The summed E-state index contributed by atoms with van der Waals surface area (Å²) in [4.78, 5) is 2.50. The lowest BCUT2D eigenvalue weighted by atomic mass is 9.71. The molecule has 2 nitrogen and oxygen atoms in total. The van der Waals surface area contributed by atoms with Crippen molar-refractivity contribution in [2.24, 2.45) is 11.8 Å². The molecule has 1 saturated heterocycles. The summed E-state index contributed by atoms with van der Waals surface area (Å²) in [5, 5.41) is 11.1. The Hall–Kier alpha value is -0.930. The van der Waals surface area contributed by atoms with Gasteiger partial charge in [0.25, 0.3) is 0 Å². The second kappa shape index (κ2) is 7.75. The third-order valence-electron chi connectivity index (χ3n) is 6.25. The van der Waals surface area contributed by atoms with E-state index in [1.807, 2.05) is 0 Å². The van der Waals surface area contributed by atoms with Gasteiger partial charge in [0.2, 0.25) is 0 Å². The second-order valence-corrected chi connectivity index (χ2v) is 8.67. The molecule has 0 spiro atoms. The van der Waals surface area contributed by atoms with Crippen molar-refractivity contribution < 1.29 is 9.50 Å². The quantitative estimate of drug-likeness (QED) is 0.807. The van der Waals surface area contributed by atoms with E-state index in [0.29, 0.717) is 12.3 Å². The number of aliphatic hydroxyl groups is 1. The molecular formula is C22H34FNO. The molecule has 1 aromatic carbocycles. The maximum Gasteiger partial charge on any atom is 0.118 e. The van der Waals surface area contributed by atoms with Gasteiger partial charge in [-0.05, 0) is 54.7 Å². The van der Waals surface area contributed by atoms with Gasteiger partial charge in [0.15, 0.2) is 0 Å². The van der Waals surface area contributed by atoms with E-state index in [4.69, 9.17) is 0 Å². The van der Waals surface area contributed by atoms with E-state index >= 15 is 0 Å². The maximum atomic E-state index is 13.9. The molecule has 0 radical (unpaired) electrons. The fourth-order valence-electron chi connectivity index (χ4n) is 4.77. The number of nitrogens with zero attached hydrogens (tertiary/aromatic N) is 1. The van der Waals surface area contributed by atoms with Gasteiger partial charge in [0.05, 0.1) is 5.60 Å². The highest BCUT2D eigenvalue weighted by molar-refractivity contribution is 5.37. The maximum absolute atomic E-state index is 13.9. The number of fused-ring (bicyclic) bond motifs is 3. The fraction of sp³-hybridized carbons (Fsp3) is 0.727. The van der Waals surface area contributed by atoms with Crippen LogP contribution in [0.3, 0.4) is 0 Å². The van der Waals surface area contributed by atoms with Crippen molar-refractivity contribution >= 4 is 0 Å². The lowest BCUT2D eigenvalue weighted by Gasteiger charge is -2.51. The molecule has 1 N–H and O–H groups in total. The molecular weight excluding hydrogens is 312 g/mol. The molecule has 0 amide bonds. The molecule has 140 valence electrons. The Labute approximate surface area is 152 Å². The first-order chi connectivity index (χ1) is 12.0. The monoisotopic (exact) mass is 346 g/mol. The van der Waals surface area contributed by atoms with Gasteiger partial charge in [-0.3, -0.25) is 4.90 Å². The highest BCUT2D eigenvalue weighted by Gasteiger charge is 2.47. The molecule has 0 unspecified atom stereocenters. The van der Waals surface area contributed by atoms with E-state index < -0.39 is 12.3 Å². The minimum absolute atomic E-state index is 0.0403. The first kappa shape index (κ1) is 18.8. The predicted molar refractivity (Wildman–Crippen MR) is 102 cm³/mol. The van der Waals surface area contributed by atoms with Gasteiger partial charge in [-0.1, -0.05) is 45.4 Å². The molecule has 3 heteroatoms. The summed E-state index contributed by atoms with van der Waals surface area (Å²) in [6, 6.07) is 7.04. The third-order valence-corrected chi connectivity index (χ3v) is 6.25. The molecule has 0 bridgehead atoms. The van der Waals surface area contributed by atoms with Gasteiger partial charge in [0.1, 0.15) is 6.67 Å². The van der Waals surface area contributed by atoms with Crippen molar-refractivity contribution in [1.82, 2.24) is 4.90 Å². The summed E-state index contributed by atoms with van der Waals surface area (Å²) in [5.74, 6) is 0.524. The molecule has 25 heavy (non-hydrogen) atoms. The summed E-state index contributed by atoms with van der Waals surface area (Å²) in [6.45, 7) is 7.77. The summed E-state index contributed by atoms with van der Waals surface area (Å²) in [7, 11) is 0. The largest absolute Gasteiger partial charge is 0.387 e. The number of hydrogen-bond donors (Lipinski definition) is 1. The van der Waals surface area contributed by atoms with E-state index in [9.17, 15) is 9.50 Å². The average molecular weight is 347 g/mol. The van der Waals surface area contributed by atoms with Gasteiger partial charge in [0, 0.05) is 25.0 Å². The SMILES string of the molecule is CCCCc1ccc2c(c1)[C@@H]1C[C@@](O)(C[18F])[C@@H](CC(C)C)CN1CC2. The van der Waals surface area contributed by atoms with Crippen LogP contribution in [0, 0.1) is 11.8 Å². The number of rotatable bonds is 6. The van der Waals surface area contributed by atoms with Crippen LogP contribution < -0.4 is 0 Å². The standard InChI is InChI=1S/C22H34FNO/c1-4-5-6-17-7-8-18-9-10-24-14-19(11-16(2)3)22(25,15-23)13-21(24)20(18)12-17/h7-8,12,16,19,21,25H,4-6,9-11,13-15H2,1-3H3/t19-,21-,22+/m0/s1/i23-1. The molecule has 3 atom stereocenters. The summed E-state index contributed by atoms with van der Waals surface area (Å²) < 4.78 is 13.9. The molecule has 0 saturated carbocycles. The Kier molecular flexibility index (Phi) is 5.85. The minimum atomic E-state index is -1.17. The minimum Gasteiger partial charge on any atom is -0.387 e. The molecule has 2 heterocycles. The molecule has 2 aliphatic heterocycles. The number of aryl methyl sites for hydroxylation is 1. The third kappa shape index (κ3) is 3.93. The van der Waals surface area contributed by atoms with Gasteiger partial charge in [-0.2, -0.15) is 0 Å². The van der Waals surface area contributed by atoms with E-state index in [2.05, 4.69) is 43.9 Å². The normalized spacial score (nSPS) is 29.5. The van der Waals surface area contributed by atoms with Gasteiger partial charge < -0.3 is 5.11 Å². The Morgan fingerprint density at radius 3 is 2.84 bits per heavy atom. The molecule has 3 rings (SSSR count). The number of piperidine rings is 1. The van der Waals surface area contributed by atoms with Gasteiger partial charge in [-0.25, -0.2) is 4.39 Å². The van der Waals surface area contributed by atoms with Crippen LogP contribution in [0.25, 0.3) is 0 Å². The smallest absolute Gasteiger partial charge is 0.118 e. The Balaban J connectivity index is 1.86. The van der Waals surface area contributed by atoms with Crippen molar-refractivity contribution in [2.75, 3.05) is 19.8 Å². The second-order valence-electron chi connectivity index (χ2n) is 8.67. The molecule has 0 aromatic heterocycles. The lowest BCUT2D eigenvalue weighted by Crippen LogP contribution is -2.56. The van der Waals surface area contributed by atoms with Gasteiger partial charge >= 0.3 is 0 Å². The lowest BCUT2D eigenvalue weighted by molar-refractivity contribution is -0.114. The summed E-state index contributed by atoms with van der Waals surface area (Å²) >= 11 is 0. The average Bonchev–Trinajstić information content (AvgIpc) is 2.60. The zero-order chi connectivity index (χ0) is 18.0. The Bertz CT molecular complexity index is 587.